The molecule has 18 heteroatoms. The summed E-state index contributed by atoms with van der Waals surface area (Å²) in [7, 11) is -5.57. The van der Waals surface area contributed by atoms with Crippen molar-refractivity contribution in [3.63, 3.8) is 0 Å². The van der Waals surface area contributed by atoms with E-state index in [1.54, 1.807) is 0 Å². The van der Waals surface area contributed by atoms with Crippen LogP contribution >= 0.6 is 0 Å². The van der Waals surface area contributed by atoms with E-state index in [4.69, 9.17) is 48.3 Å². The predicted octanol–water partition coefficient (Wildman–Crippen LogP) is -9.48. The number of amides is 1. The van der Waals surface area contributed by atoms with E-state index in [2.05, 4.69) is 39.8 Å². The number of carbonyl (C=O) groups excluding carboxylic acids is 1. The Labute approximate surface area is 227 Å². The molecule has 0 aliphatic carbocycles. The minimum atomic E-state index is -4.94. The van der Waals surface area contributed by atoms with Crippen LogP contribution in [0.1, 0.15) is 25.7 Å². The molecule has 0 bridgehead atoms. The molecule has 0 unspecified atom stereocenters. The van der Waals surface area contributed by atoms with Gasteiger partial charge in [0.15, 0.2) is 0 Å². The van der Waals surface area contributed by atoms with Crippen molar-refractivity contribution in [2.45, 2.75) is 25.7 Å². The van der Waals surface area contributed by atoms with Crippen LogP contribution in [-0.4, -0.2) is 105 Å². The molecule has 0 saturated carbocycles. The molecule has 0 aromatic carbocycles. The van der Waals surface area contributed by atoms with Gasteiger partial charge in [-0.2, -0.15) is 5.26 Å². The number of primary amides is 1. The number of likely N-dealkylation sites (N-methyl/N-ethyl adjacent to an activating group) is 2. The van der Waals surface area contributed by atoms with E-state index in [9.17, 15) is 4.79 Å². The van der Waals surface area contributed by atoms with Gasteiger partial charge < -0.3 is 25.3 Å². The quantitative estimate of drug-likeness (QED) is 0.282. The molecule has 1 amide bonds. The molecule has 1 heterocycles. The van der Waals surface area contributed by atoms with Gasteiger partial charge in [0.05, 0.1) is 6.07 Å². The van der Waals surface area contributed by atoms with Crippen LogP contribution in [0.15, 0.2) is 0 Å². The van der Waals surface area contributed by atoms with Crippen molar-refractivity contribution in [1.82, 2.24) is 19.6 Å². The summed E-state index contributed by atoms with van der Waals surface area (Å²) in [6.45, 7) is 9.82. The number of rotatable bonds is 5. The molecule has 36 heavy (non-hydrogen) atoms. The average molecular weight is 615 g/mol. The Morgan fingerprint density at radius 1 is 0.750 bits per heavy atom. The second-order valence-corrected chi connectivity index (χ2v) is 9.39. The third-order valence-electron chi connectivity index (χ3n) is 4.84. The number of hydrogen-bond donors (Lipinski definition) is 1. The van der Waals surface area contributed by atoms with Crippen LogP contribution < -0.4 is 43.0 Å². The van der Waals surface area contributed by atoms with Gasteiger partial charge in [-0.25, -0.2) is 37.3 Å². The molecular weight excluding hydrogens is 579 g/mol. The summed E-state index contributed by atoms with van der Waals surface area (Å²) in [5, 5.41) is 8.84. The Hall–Kier alpha value is -0.421. The zero-order chi connectivity index (χ0) is 27.5. The molecule has 0 aromatic heterocycles. The molecule has 15 nitrogen and oxygen atoms in total. The van der Waals surface area contributed by atoms with Crippen molar-refractivity contribution in [2.24, 2.45) is 5.73 Å². The molecule has 1 saturated heterocycles. The minimum Gasteiger partial charge on any atom is -0.370 e. The van der Waals surface area contributed by atoms with Gasteiger partial charge >= 0.3 is 17.1 Å². The molecule has 1 aliphatic heterocycles. The molecule has 1 rings (SSSR count). The van der Waals surface area contributed by atoms with Crippen LogP contribution in [0.5, 0.6) is 0 Å². The predicted molar refractivity (Wildman–Crippen MR) is 101 cm³/mol. The fourth-order valence-electron chi connectivity index (χ4n) is 3.12. The van der Waals surface area contributed by atoms with Crippen molar-refractivity contribution in [3.05, 3.63) is 0 Å². The topological polar surface area (TPSA) is 264 Å². The summed E-state index contributed by atoms with van der Waals surface area (Å²) in [5.41, 5.74) is 5.31. The Morgan fingerprint density at radius 2 is 1.11 bits per heavy atom. The SMILES string of the molecule is CN1CCCN(CCC(N)=O)CCN(C)CCCN(CCC#N)CC1.[Cu+2].[O-][Cl+3]([O-])([O-])[O-].[O-][Cl+3]([O-])([O-])[O-]. The normalized spacial score (nSPS) is 18.2. The molecule has 1 aliphatic rings. The molecule has 1 radical (unpaired) electrons. The van der Waals surface area contributed by atoms with Crippen molar-refractivity contribution >= 4 is 5.91 Å². The van der Waals surface area contributed by atoms with E-state index < -0.39 is 20.5 Å². The van der Waals surface area contributed by atoms with Crippen LogP contribution in [0.3, 0.4) is 0 Å². The summed E-state index contributed by atoms with van der Waals surface area (Å²) in [6.07, 6.45) is 3.26. The van der Waals surface area contributed by atoms with Gasteiger partial charge in [0.2, 0.25) is 5.91 Å². The second-order valence-electron chi connectivity index (χ2n) is 7.88. The first-order valence-corrected chi connectivity index (χ1v) is 13.2. The van der Waals surface area contributed by atoms with E-state index in [0.29, 0.717) is 12.8 Å². The molecule has 1 fully saturated rings. The fraction of sp³-hybridized carbons (Fsp3) is 0.889. The molecular formula is C18H36Cl2CuN6O9. The Kier molecular flexibility index (Phi) is 25.1. The van der Waals surface area contributed by atoms with Gasteiger partial charge in [-0.1, -0.05) is 0 Å². The van der Waals surface area contributed by atoms with E-state index in [0.717, 1.165) is 78.3 Å². The second kappa shape index (κ2) is 22.6. The number of nitrogens with zero attached hydrogens (tertiary/aromatic N) is 5. The van der Waals surface area contributed by atoms with Gasteiger partial charge in [-0.15, -0.1) is 20.5 Å². The number of halogens is 2. The van der Waals surface area contributed by atoms with Crippen molar-refractivity contribution in [1.29, 1.82) is 5.26 Å². The number of carbonyl (C=O) groups is 1. The standard InChI is InChI=1S/C18H36N6O.2ClHO4.Cu/c1-21-9-5-12-24(13-6-18(20)25)17-15-22(2)8-4-11-23(16-14-21)10-3-7-19;2*2-1(3,4)5;/h3-6,8-17H2,1-2H3,(H2,20,25);2*(H,2,3,4,5);/q;;;+2/p-2. The maximum Gasteiger partial charge on any atom is 2.00 e. The summed E-state index contributed by atoms with van der Waals surface area (Å²) < 4.78 is 67.9. The summed E-state index contributed by atoms with van der Waals surface area (Å²) >= 11 is 0. The third-order valence-corrected chi connectivity index (χ3v) is 4.84. The van der Waals surface area contributed by atoms with Crippen molar-refractivity contribution in [2.75, 3.05) is 79.5 Å². The zero-order valence-electron chi connectivity index (χ0n) is 20.4. The van der Waals surface area contributed by atoms with E-state index in [-0.39, 0.29) is 23.0 Å². The summed E-state index contributed by atoms with van der Waals surface area (Å²) in [4.78, 5) is 20.6. The van der Waals surface area contributed by atoms with E-state index >= 15 is 0 Å². The number of nitriles is 1. The third kappa shape index (κ3) is 38.1. The van der Waals surface area contributed by atoms with Gasteiger partial charge in [0.25, 0.3) is 0 Å². The van der Waals surface area contributed by atoms with Crippen molar-refractivity contribution < 1.29 is 79.6 Å². The fourth-order valence-corrected chi connectivity index (χ4v) is 3.12. The van der Waals surface area contributed by atoms with Crippen LogP contribution in [0.2, 0.25) is 0 Å². The van der Waals surface area contributed by atoms with Crippen LogP contribution in [-0.2, 0) is 21.9 Å². The summed E-state index contributed by atoms with van der Waals surface area (Å²) in [5.74, 6) is -0.220. The average Bonchev–Trinajstić information content (AvgIpc) is 2.68. The number of nitrogens with two attached hydrogens (primary N) is 1. The smallest absolute Gasteiger partial charge is 0.370 e. The monoisotopic (exact) mass is 613 g/mol. The zero-order valence-corrected chi connectivity index (χ0v) is 22.9. The van der Waals surface area contributed by atoms with Crippen LogP contribution in [0, 0.1) is 31.8 Å². The maximum atomic E-state index is 11.1. The van der Waals surface area contributed by atoms with E-state index in [1.807, 2.05) is 0 Å². The first-order chi connectivity index (χ1) is 16.0. The van der Waals surface area contributed by atoms with Crippen LogP contribution in [0.25, 0.3) is 0 Å². The largest absolute Gasteiger partial charge is 2.00 e. The molecule has 0 atom stereocenters. The Balaban J connectivity index is -0.000000835. The van der Waals surface area contributed by atoms with Crippen LogP contribution in [0.4, 0.5) is 0 Å². The molecule has 2 N–H and O–H groups in total. The Morgan fingerprint density at radius 3 is 1.44 bits per heavy atom. The Bertz CT molecular complexity index is 573. The molecule has 0 spiro atoms. The summed E-state index contributed by atoms with van der Waals surface area (Å²) in [6, 6.07) is 2.26. The molecule has 217 valence electrons. The maximum absolute atomic E-state index is 11.1. The van der Waals surface area contributed by atoms with Gasteiger partial charge in [-0.3, -0.25) is 4.79 Å². The minimum absolute atomic E-state index is 0. The van der Waals surface area contributed by atoms with E-state index in [1.165, 1.54) is 0 Å². The first-order valence-electron chi connectivity index (χ1n) is 10.7. The van der Waals surface area contributed by atoms with Crippen molar-refractivity contribution in [3.8, 4) is 6.07 Å². The number of hydrogen-bond acceptors (Lipinski definition) is 14. The molecule has 0 aromatic rings. The first kappa shape index (κ1) is 40.1. The van der Waals surface area contributed by atoms with Gasteiger partial charge in [0.1, 0.15) is 0 Å². The van der Waals surface area contributed by atoms with Gasteiger partial charge in [-0.05, 0) is 53.1 Å². The van der Waals surface area contributed by atoms with Gasteiger partial charge in [0, 0.05) is 52.1 Å².